The first kappa shape index (κ1) is 23.4. The Morgan fingerprint density at radius 2 is 1.79 bits per heavy atom. The third kappa shape index (κ3) is 5.01. The van der Waals surface area contributed by atoms with Gasteiger partial charge in [-0.25, -0.2) is 13.9 Å². The highest BCUT2D eigenvalue weighted by atomic mass is 35.5. The van der Waals surface area contributed by atoms with Gasteiger partial charge in [-0.1, -0.05) is 0 Å². The van der Waals surface area contributed by atoms with E-state index in [9.17, 15) is 13.2 Å². The number of halogens is 1. The van der Waals surface area contributed by atoms with Gasteiger partial charge < -0.3 is 4.74 Å². The normalized spacial score (nSPS) is 19.1. The quantitative estimate of drug-likeness (QED) is 0.522. The summed E-state index contributed by atoms with van der Waals surface area (Å²) in [5, 5.41) is 9.10. The maximum absolute atomic E-state index is 13.2. The molecule has 1 aliphatic rings. The van der Waals surface area contributed by atoms with Crippen molar-refractivity contribution in [2.45, 2.75) is 29.5 Å². The highest BCUT2D eigenvalue weighted by Gasteiger charge is 2.48. The van der Waals surface area contributed by atoms with Crippen molar-refractivity contribution in [3.63, 3.8) is 0 Å². The van der Waals surface area contributed by atoms with Gasteiger partial charge in [0.1, 0.15) is 17.5 Å². The second-order valence-electron chi connectivity index (χ2n) is 6.70. The highest BCUT2D eigenvalue weighted by molar-refractivity contribution is 8.00. The molecule has 1 aliphatic heterocycles. The van der Waals surface area contributed by atoms with Crippen LogP contribution >= 0.6 is 24.2 Å². The molecule has 0 bridgehead atoms. The standard InChI is InChI=1S/C18H21N3O5S2.ClH/c1-18(2)16(17(22)20-23)21(11-12-27-18)28(24,25)15-5-3-13(4-6-15)26-14-7-9-19-10-8-14;/h3-10,16,23H,11-12H2,1-2H3,(H,20,22);1H/t16-;/m1./s1. The lowest BCUT2D eigenvalue weighted by atomic mass is 10.0. The Labute approximate surface area is 180 Å². The molecule has 8 nitrogen and oxygen atoms in total. The van der Waals surface area contributed by atoms with E-state index in [2.05, 4.69) is 4.98 Å². The Kier molecular flexibility index (Phi) is 7.52. The minimum absolute atomic E-state index is 0. The van der Waals surface area contributed by atoms with Crippen LogP contribution in [0.3, 0.4) is 0 Å². The minimum Gasteiger partial charge on any atom is -0.457 e. The number of rotatable bonds is 5. The zero-order chi connectivity index (χ0) is 20.4. The Bertz CT molecular complexity index is 940. The fraction of sp³-hybridized carbons (Fsp3) is 0.333. The molecule has 2 N–H and O–H groups in total. The maximum Gasteiger partial charge on any atom is 0.263 e. The van der Waals surface area contributed by atoms with Crippen LogP contribution < -0.4 is 10.2 Å². The van der Waals surface area contributed by atoms with Gasteiger partial charge in [0.2, 0.25) is 10.0 Å². The second kappa shape index (κ2) is 9.31. The molecule has 0 radical (unpaired) electrons. The van der Waals surface area contributed by atoms with E-state index in [0.29, 0.717) is 17.3 Å². The number of aromatic nitrogens is 1. The zero-order valence-corrected chi connectivity index (χ0v) is 18.3. The van der Waals surface area contributed by atoms with Gasteiger partial charge in [0.05, 0.1) is 4.90 Å². The Hall–Kier alpha value is -1.85. The van der Waals surface area contributed by atoms with Gasteiger partial charge in [-0.05, 0) is 50.2 Å². The molecule has 29 heavy (non-hydrogen) atoms. The van der Waals surface area contributed by atoms with Gasteiger partial charge in [0.15, 0.2) is 0 Å². The van der Waals surface area contributed by atoms with Crippen LogP contribution in [0.1, 0.15) is 13.8 Å². The van der Waals surface area contributed by atoms with Crippen LogP contribution in [0, 0.1) is 0 Å². The molecule has 1 aromatic heterocycles. The summed E-state index contributed by atoms with van der Waals surface area (Å²) < 4.78 is 32.5. The third-order valence-corrected chi connectivity index (χ3v) is 7.64. The number of hydrogen-bond donors (Lipinski definition) is 2. The van der Waals surface area contributed by atoms with Crippen molar-refractivity contribution in [1.29, 1.82) is 0 Å². The molecule has 0 aliphatic carbocycles. The molecule has 1 aromatic carbocycles. The number of hydrogen-bond acceptors (Lipinski definition) is 7. The monoisotopic (exact) mass is 459 g/mol. The largest absolute Gasteiger partial charge is 0.457 e. The number of carbonyl (C=O) groups excluding carboxylic acids is 1. The molecule has 1 atom stereocenters. The van der Waals surface area contributed by atoms with Crippen molar-refractivity contribution >= 4 is 40.1 Å². The van der Waals surface area contributed by atoms with E-state index in [0.717, 1.165) is 4.31 Å². The number of carbonyl (C=O) groups is 1. The first-order valence-electron chi connectivity index (χ1n) is 8.53. The fourth-order valence-corrected chi connectivity index (χ4v) is 6.19. The average Bonchev–Trinajstić information content (AvgIpc) is 2.68. The van der Waals surface area contributed by atoms with Crippen LogP contribution in [0.4, 0.5) is 0 Å². The van der Waals surface area contributed by atoms with Gasteiger partial charge in [-0.3, -0.25) is 15.0 Å². The predicted molar refractivity (Wildman–Crippen MR) is 112 cm³/mol. The average molecular weight is 460 g/mol. The molecular weight excluding hydrogens is 438 g/mol. The van der Waals surface area contributed by atoms with Gasteiger partial charge in [0.25, 0.3) is 5.91 Å². The van der Waals surface area contributed by atoms with Gasteiger partial charge >= 0.3 is 0 Å². The van der Waals surface area contributed by atoms with Crippen molar-refractivity contribution in [3.8, 4) is 11.5 Å². The lowest BCUT2D eigenvalue weighted by Crippen LogP contribution is -2.61. The summed E-state index contributed by atoms with van der Waals surface area (Å²) in [7, 11) is -3.94. The summed E-state index contributed by atoms with van der Waals surface area (Å²) >= 11 is 1.49. The minimum atomic E-state index is -3.94. The molecule has 2 heterocycles. The van der Waals surface area contributed by atoms with Gasteiger partial charge in [-0.15, -0.1) is 12.4 Å². The molecule has 2 aromatic rings. The molecule has 11 heteroatoms. The topological polar surface area (TPSA) is 109 Å². The summed E-state index contributed by atoms with van der Waals surface area (Å²) in [6.07, 6.45) is 3.19. The summed E-state index contributed by atoms with van der Waals surface area (Å²) in [5.41, 5.74) is 1.60. The summed E-state index contributed by atoms with van der Waals surface area (Å²) in [5.74, 6) is 0.854. The first-order valence-corrected chi connectivity index (χ1v) is 11.0. The maximum atomic E-state index is 13.2. The van der Waals surface area contributed by atoms with E-state index < -0.39 is 26.7 Å². The number of nitrogens with zero attached hydrogens (tertiary/aromatic N) is 2. The Morgan fingerprint density at radius 3 is 2.38 bits per heavy atom. The van der Waals surface area contributed by atoms with Crippen LogP contribution in [0.2, 0.25) is 0 Å². The molecule has 3 rings (SSSR count). The summed E-state index contributed by atoms with van der Waals surface area (Å²) in [6, 6.07) is 8.33. The van der Waals surface area contributed by atoms with E-state index in [1.54, 1.807) is 56.0 Å². The fourth-order valence-electron chi connectivity index (χ4n) is 3.08. The molecule has 1 fully saturated rings. The number of benzene rings is 1. The number of sulfonamides is 1. The molecular formula is C18H22ClN3O5S2. The van der Waals surface area contributed by atoms with E-state index in [1.807, 2.05) is 0 Å². The third-order valence-electron chi connectivity index (χ3n) is 4.41. The number of ether oxygens (including phenoxy) is 1. The lowest BCUT2D eigenvalue weighted by molar-refractivity contribution is -0.134. The molecule has 0 saturated carbocycles. The molecule has 0 spiro atoms. The van der Waals surface area contributed by atoms with E-state index in [1.165, 1.54) is 23.9 Å². The van der Waals surface area contributed by atoms with Crippen molar-refractivity contribution in [3.05, 3.63) is 48.8 Å². The second-order valence-corrected chi connectivity index (χ2v) is 10.3. The van der Waals surface area contributed by atoms with Crippen molar-refractivity contribution in [2.24, 2.45) is 0 Å². The smallest absolute Gasteiger partial charge is 0.263 e. The van der Waals surface area contributed by atoms with Gasteiger partial charge in [-0.2, -0.15) is 16.1 Å². The van der Waals surface area contributed by atoms with E-state index >= 15 is 0 Å². The van der Waals surface area contributed by atoms with Crippen LogP contribution in [-0.2, 0) is 14.8 Å². The molecule has 1 saturated heterocycles. The SMILES string of the molecule is CC1(C)SCCN(S(=O)(=O)c2ccc(Oc3ccncc3)cc2)[C@@H]1C(=O)NO.Cl. The summed E-state index contributed by atoms with van der Waals surface area (Å²) in [6.45, 7) is 3.74. The zero-order valence-electron chi connectivity index (χ0n) is 15.8. The number of hydroxylamine groups is 1. The molecule has 158 valence electrons. The van der Waals surface area contributed by atoms with Crippen molar-refractivity contribution in [2.75, 3.05) is 12.3 Å². The van der Waals surface area contributed by atoms with Crippen LogP contribution in [-0.4, -0.2) is 51.9 Å². The Balaban J connectivity index is 0.00000300. The van der Waals surface area contributed by atoms with Gasteiger partial charge in [0, 0.05) is 29.4 Å². The van der Waals surface area contributed by atoms with E-state index in [4.69, 9.17) is 9.94 Å². The van der Waals surface area contributed by atoms with Crippen molar-refractivity contribution < 1.29 is 23.2 Å². The van der Waals surface area contributed by atoms with E-state index in [-0.39, 0.29) is 23.8 Å². The van der Waals surface area contributed by atoms with Crippen LogP contribution in [0.15, 0.2) is 53.7 Å². The number of amides is 1. The Morgan fingerprint density at radius 1 is 1.21 bits per heavy atom. The molecule has 0 unspecified atom stereocenters. The first-order chi connectivity index (χ1) is 13.3. The predicted octanol–water partition coefficient (Wildman–Crippen LogP) is 2.69. The summed E-state index contributed by atoms with van der Waals surface area (Å²) in [4.78, 5) is 16.2. The number of thioether (sulfide) groups is 1. The highest BCUT2D eigenvalue weighted by Crippen LogP contribution is 2.38. The number of pyridine rings is 1. The van der Waals surface area contributed by atoms with Crippen molar-refractivity contribution in [1.82, 2.24) is 14.8 Å². The molecule has 1 amide bonds. The van der Waals surface area contributed by atoms with Crippen LogP contribution in [0.5, 0.6) is 11.5 Å². The van der Waals surface area contributed by atoms with Crippen LogP contribution in [0.25, 0.3) is 0 Å². The number of nitrogens with one attached hydrogen (secondary N) is 1. The lowest BCUT2D eigenvalue weighted by Gasteiger charge is -2.43.